The number of amides is 2. The molecule has 0 bridgehead atoms. The van der Waals surface area contributed by atoms with Gasteiger partial charge in [0.15, 0.2) is 0 Å². The molecule has 0 saturated heterocycles. The lowest BCUT2D eigenvalue weighted by Crippen LogP contribution is -2.43. The van der Waals surface area contributed by atoms with Crippen LogP contribution in [0.1, 0.15) is 32.4 Å². The molecule has 0 radical (unpaired) electrons. The number of nitrogens with one attached hydrogen (secondary N) is 1. The quantitative estimate of drug-likeness (QED) is 0.767. The molecule has 1 atom stereocenters. The van der Waals surface area contributed by atoms with E-state index in [1.54, 1.807) is 11.0 Å². The number of halogens is 1. The number of hydrogen-bond donors (Lipinski definition) is 2. The summed E-state index contributed by atoms with van der Waals surface area (Å²) < 4.78 is 0. The number of nitrogens with two attached hydrogens (primary N) is 1. The third-order valence-electron chi connectivity index (χ3n) is 3.10. The predicted octanol–water partition coefficient (Wildman–Crippen LogP) is 1.96. The molecule has 6 heteroatoms. The molecule has 5 nitrogen and oxygen atoms in total. The average Bonchev–Trinajstić information content (AvgIpc) is 2.36. The second-order valence-electron chi connectivity index (χ2n) is 5.87. The van der Waals surface area contributed by atoms with Gasteiger partial charge in [0, 0.05) is 11.6 Å². The third kappa shape index (κ3) is 6.91. The Hall–Kier alpha value is -1.59. The minimum absolute atomic E-state index is 0.0805. The fourth-order valence-corrected chi connectivity index (χ4v) is 2.47. The summed E-state index contributed by atoms with van der Waals surface area (Å²) in [6.07, 6.45) is 0. The summed E-state index contributed by atoms with van der Waals surface area (Å²) in [5.74, 6) is -0.233. The summed E-state index contributed by atoms with van der Waals surface area (Å²) in [6.45, 7) is 6.82. The molecule has 0 aliphatic carbocycles. The highest BCUT2D eigenvalue weighted by Crippen LogP contribution is 2.17. The summed E-state index contributed by atoms with van der Waals surface area (Å²) in [5, 5.41) is 3.54. The van der Waals surface area contributed by atoms with Gasteiger partial charge in [-0.1, -0.05) is 37.6 Å². The lowest BCUT2D eigenvalue weighted by atomic mass is 10.1. The minimum Gasteiger partial charge on any atom is -0.369 e. The molecule has 2 amide bonds. The Morgan fingerprint density at radius 3 is 2.50 bits per heavy atom. The first-order valence-corrected chi connectivity index (χ1v) is 7.71. The van der Waals surface area contributed by atoms with Gasteiger partial charge >= 0.3 is 0 Å². The standard InChI is InChI=1S/C16H24ClN3O2/c1-11(2)8-20(9-15(18)21)10-16(22)19-12(3)13-5-4-6-14(17)7-13/h4-7,11-12H,8-10H2,1-3H3,(H2,18,21)(H,19,22)/t12-/m0/s1. The van der Waals surface area contributed by atoms with Gasteiger partial charge in [0.2, 0.25) is 11.8 Å². The third-order valence-corrected chi connectivity index (χ3v) is 3.33. The van der Waals surface area contributed by atoms with Crippen molar-refractivity contribution in [3.63, 3.8) is 0 Å². The number of nitrogens with zero attached hydrogens (tertiary/aromatic N) is 1. The molecule has 0 heterocycles. The lowest BCUT2D eigenvalue weighted by Gasteiger charge is -2.23. The van der Waals surface area contributed by atoms with Crippen molar-refractivity contribution in [1.29, 1.82) is 0 Å². The molecule has 1 rings (SSSR count). The molecule has 0 fully saturated rings. The Kier molecular flexibility index (Phi) is 7.35. The Balaban J connectivity index is 2.60. The monoisotopic (exact) mass is 325 g/mol. The van der Waals surface area contributed by atoms with Crippen molar-refractivity contribution >= 4 is 23.4 Å². The van der Waals surface area contributed by atoms with Crippen LogP contribution in [0.5, 0.6) is 0 Å². The average molecular weight is 326 g/mol. The second-order valence-corrected chi connectivity index (χ2v) is 6.31. The second kappa shape index (κ2) is 8.76. The summed E-state index contributed by atoms with van der Waals surface area (Å²) in [6, 6.07) is 7.21. The highest BCUT2D eigenvalue weighted by Gasteiger charge is 2.16. The maximum atomic E-state index is 12.1. The van der Waals surface area contributed by atoms with Crippen LogP contribution < -0.4 is 11.1 Å². The molecule has 0 saturated carbocycles. The van der Waals surface area contributed by atoms with Gasteiger partial charge in [-0.25, -0.2) is 0 Å². The Morgan fingerprint density at radius 1 is 1.27 bits per heavy atom. The lowest BCUT2D eigenvalue weighted by molar-refractivity contribution is -0.124. The Labute approximate surface area is 136 Å². The van der Waals surface area contributed by atoms with Crippen molar-refractivity contribution in [2.75, 3.05) is 19.6 Å². The van der Waals surface area contributed by atoms with Gasteiger partial charge in [0.05, 0.1) is 19.1 Å². The molecule has 122 valence electrons. The van der Waals surface area contributed by atoms with Crippen LogP contribution in [0.4, 0.5) is 0 Å². The SMILES string of the molecule is CC(C)CN(CC(N)=O)CC(=O)N[C@@H](C)c1cccc(Cl)c1. The summed E-state index contributed by atoms with van der Waals surface area (Å²) in [4.78, 5) is 25.0. The van der Waals surface area contributed by atoms with Gasteiger partial charge in [-0.05, 0) is 30.5 Å². The van der Waals surface area contributed by atoms with Crippen LogP contribution >= 0.6 is 11.6 Å². The van der Waals surface area contributed by atoms with Crippen molar-refractivity contribution < 1.29 is 9.59 Å². The molecule has 0 aliphatic rings. The number of rotatable bonds is 8. The van der Waals surface area contributed by atoms with Gasteiger partial charge in [-0.2, -0.15) is 0 Å². The predicted molar refractivity (Wildman–Crippen MR) is 88.5 cm³/mol. The molecule has 0 spiro atoms. The van der Waals surface area contributed by atoms with Crippen LogP contribution in [-0.2, 0) is 9.59 Å². The molecule has 0 aromatic heterocycles. The van der Waals surface area contributed by atoms with Gasteiger partial charge in [-0.3, -0.25) is 14.5 Å². The number of carbonyl (C=O) groups is 2. The van der Waals surface area contributed by atoms with E-state index < -0.39 is 5.91 Å². The smallest absolute Gasteiger partial charge is 0.234 e. The first-order chi connectivity index (χ1) is 10.3. The van der Waals surface area contributed by atoms with Crippen molar-refractivity contribution in [2.24, 2.45) is 11.7 Å². The molecular formula is C16H24ClN3O2. The summed E-state index contributed by atoms with van der Waals surface area (Å²) >= 11 is 5.95. The first-order valence-electron chi connectivity index (χ1n) is 7.33. The number of hydrogen-bond acceptors (Lipinski definition) is 3. The van der Waals surface area contributed by atoms with Crippen LogP contribution in [0.15, 0.2) is 24.3 Å². The van der Waals surface area contributed by atoms with Crippen molar-refractivity contribution in [2.45, 2.75) is 26.8 Å². The van der Waals surface area contributed by atoms with Crippen molar-refractivity contribution in [3.8, 4) is 0 Å². The van der Waals surface area contributed by atoms with E-state index in [9.17, 15) is 9.59 Å². The van der Waals surface area contributed by atoms with Gasteiger partial charge in [-0.15, -0.1) is 0 Å². The largest absolute Gasteiger partial charge is 0.369 e. The molecule has 22 heavy (non-hydrogen) atoms. The number of primary amides is 1. The molecule has 1 aromatic carbocycles. The zero-order valence-electron chi connectivity index (χ0n) is 13.3. The Morgan fingerprint density at radius 2 is 1.95 bits per heavy atom. The van der Waals surface area contributed by atoms with Gasteiger partial charge < -0.3 is 11.1 Å². The maximum absolute atomic E-state index is 12.1. The molecule has 0 unspecified atom stereocenters. The summed E-state index contributed by atoms with van der Waals surface area (Å²) in [5.41, 5.74) is 6.16. The van der Waals surface area contributed by atoms with Crippen LogP contribution in [0.2, 0.25) is 5.02 Å². The van der Waals surface area contributed by atoms with Crippen molar-refractivity contribution in [1.82, 2.24) is 10.2 Å². The Bertz CT molecular complexity index is 520. The molecule has 1 aromatic rings. The van der Waals surface area contributed by atoms with E-state index in [4.69, 9.17) is 17.3 Å². The van der Waals surface area contributed by atoms with E-state index in [2.05, 4.69) is 5.32 Å². The van der Waals surface area contributed by atoms with E-state index in [0.717, 1.165) is 5.56 Å². The van der Waals surface area contributed by atoms with E-state index in [-0.39, 0.29) is 25.0 Å². The van der Waals surface area contributed by atoms with E-state index in [1.807, 2.05) is 39.0 Å². The van der Waals surface area contributed by atoms with Crippen LogP contribution in [0.3, 0.4) is 0 Å². The van der Waals surface area contributed by atoms with Gasteiger partial charge in [0.1, 0.15) is 0 Å². The van der Waals surface area contributed by atoms with Crippen molar-refractivity contribution in [3.05, 3.63) is 34.9 Å². The van der Waals surface area contributed by atoms with E-state index in [0.29, 0.717) is 17.5 Å². The number of benzene rings is 1. The fourth-order valence-electron chi connectivity index (χ4n) is 2.27. The van der Waals surface area contributed by atoms with Crippen LogP contribution in [0.25, 0.3) is 0 Å². The van der Waals surface area contributed by atoms with Crippen LogP contribution in [0, 0.1) is 5.92 Å². The molecule has 3 N–H and O–H groups in total. The normalized spacial score (nSPS) is 12.5. The highest BCUT2D eigenvalue weighted by molar-refractivity contribution is 6.30. The fraction of sp³-hybridized carbons (Fsp3) is 0.500. The number of carbonyl (C=O) groups excluding carboxylic acids is 2. The van der Waals surface area contributed by atoms with Gasteiger partial charge in [0.25, 0.3) is 0 Å². The van der Waals surface area contributed by atoms with E-state index >= 15 is 0 Å². The topological polar surface area (TPSA) is 75.4 Å². The zero-order valence-corrected chi connectivity index (χ0v) is 14.1. The van der Waals surface area contributed by atoms with Crippen LogP contribution in [-0.4, -0.2) is 36.3 Å². The maximum Gasteiger partial charge on any atom is 0.234 e. The molecule has 0 aliphatic heterocycles. The minimum atomic E-state index is -0.434. The highest BCUT2D eigenvalue weighted by atomic mass is 35.5. The molecular weight excluding hydrogens is 302 g/mol. The zero-order chi connectivity index (χ0) is 16.7. The van der Waals surface area contributed by atoms with E-state index in [1.165, 1.54) is 0 Å². The summed E-state index contributed by atoms with van der Waals surface area (Å²) in [7, 11) is 0. The first kappa shape index (κ1) is 18.5.